The highest BCUT2D eigenvalue weighted by Gasteiger charge is 2.22. The van der Waals surface area contributed by atoms with Gasteiger partial charge in [-0.1, -0.05) is 33.2 Å². The largest absolute Gasteiger partial charge is 0.342 e. The van der Waals surface area contributed by atoms with Crippen molar-refractivity contribution in [3.63, 3.8) is 0 Å². The lowest BCUT2D eigenvalue weighted by Crippen LogP contribution is -2.49. The lowest BCUT2D eigenvalue weighted by Gasteiger charge is -2.34. The first-order valence-corrected chi connectivity index (χ1v) is 10.2. The van der Waals surface area contributed by atoms with E-state index in [0.29, 0.717) is 24.8 Å². The maximum absolute atomic E-state index is 12.2. The van der Waals surface area contributed by atoms with Gasteiger partial charge in [-0.3, -0.25) is 14.6 Å². The van der Waals surface area contributed by atoms with Crippen molar-refractivity contribution in [2.75, 3.05) is 45.8 Å². The number of carbonyl (C=O) groups excluding carboxylic acids is 1. The number of amides is 1. The second kappa shape index (κ2) is 9.43. The van der Waals surface area contributed by atoms with Gasteiger partial charge < -0.3 is 9.42 Å². The molecular formula is C19H26BrN5O2. The summed E-state index contributed by atoms with van der Waals surface area (Å²) >= 11 is 3.46. The Morgan fingerprint density at radius 1 is 1.19 bits per heavy atom. The first-order chi connectivity index (χ1) is 13.1. The first-order valence-electron chi connectivity index (χ1n) is 9.40. The van der Waals surface area contributed by atoms with Crippen LogP contribution in [0.25, 0.3) is 11.4 Å². The number of rotatable bonds is 7. The van der Waals surface area contributed by atoms with Crippen LogP contribution >= 0.6 is 15.9 Å². The molecule has 3 rings (SSSR count). The molecule has 1 fully saturated rings. The predicted octanol–water partition coefficient (Wildman–Crippen LogP) is 2.49. The Kier molecular flexibility index (Phi) is 6.98. The van der Waals surface area contributed by atoms with Gasteiger partial charge in [0.05, 0.1) is 13.1 Å². The minimum atomic E-state index is 0.212. The van der Waals surface area contributed by atoms with Gasteiger partial charge in [0.1, 0.15) is 0 Å². The van der Waals surface area contributed by atoms with Gasteiger partial charge in [-0.2, -0.15) is 4.98 Å². The molecule has 1 aromatic heterocycles. The molecule has 2 aromatic rings. The molecule has 146 valence electrons. The van der Waals surface area contributed by atoms with Crippen molar-refractivity contribution in [2.45, 2.75) is 20.4 Å². The second-order valence-corrected chi connectivity index (χ2v) is 7.56. The predicted molar refractivity (Wildman–Crippen MR) is 107 cm³/mol. The second-order valence-electron chi connectivity index (χ2n) is 6.64. The smallest absolute Gasteiger partial charge is 0.241 e. The third-order valence-corrected chi connectivity index (χ3v) is 5.34. The topological polar surface area (TPSA) is 65.7 Å². The van der Waals surface area contributed by atoms with Crippen LogP contribution in [0.2, 0.25) is 0 Å². The van der Waals surface area contributed by atoms with Gasteiger partial charge in [-0.25, -0.2) is 0 Å². The first kappa shape index (κ1) is 20.0. The van der Waals surface area contributed by atoms with Crippen LogP contribution < -0.4 is 0 Å². The van der Waals surface area contributed by atoms with Crippen LogP contribution in [-0.2, 0) is 11.3 Å². The van der Waals surface area contributed by atoms with Crippen molar-refractivity contribution in [1.82, 2.24) is 24.8 Å². The average molecular weight is 436 g/mol. The van der Waals surface area contributed by atoms with Gasteiger partial charge in [0.2, 0.25) is 17.6 Å². The lowest BCUT2D eigenvalue weighted by atomic mass is 10.2. The Hall–Kier alpha value is -1.77. The van der Waals surface area contributed by atoms with Crippen LogP contribution in [0, 0.1) is 0 Å². The quantitative estimate of drug-likeness (QED) is 0.665. The molecule has 2 heterocycles. The Morgan fingerprint density at radius 2 is 1.89 bits per heavy atom. The molecule has 0 atom stereocenters. The standard InChI is InChI=1S/C19H26BrN5O2/c1-3-25(4-2)18(26)14-24-10-8-23(9-11-24)13-17-21-19(22-27-17)15-6-5-7-16(20)12-15/h5-7,12H,3-4,8-11,13-14H2,1-2H3. The summed E-state index contributed by atoms with van der Waals surface area (Å²) in [5.74, 6) is 1.44. The molecule has 1 aromatic carbocycles. The minimum Gasteiger partial charge on any atom is -0.342 e. The highest BCUT2D eigenvalue weighted by molar-refractivity contribution is 9.10. The number of nitrogens with zero attached hydrogens (tertiary/aromatic N) is 5. The van der Waals surface area contributed by atoms with Crippen molar-refractivity contribution in [3.8, 4) is 11.4 Å². The van der Waals surface area contributed by atoms with Crippen molar-refractivity contribution in [1.29, 1.82) is 0 Å². The van der Waals surface area contributed by atoms with Crippen LogP contribution in [0.1, 0.15) is 19.7 Å². The Bertz CT molecular complexity index is 754. The zero-order chi connectivity index (χ0) is 19.2. The van der Waals surface area contributed by atoms with Gasteiger partial charge >= 0.3 is 0 Å². The third kappa shape index (κ3) is 5.37. The summed E-state index contributed by atoms with van der Waals surface area (Å²) in [4.78, 5) is 23.1. The number of likely N-dealkylation sites (N-methyl/N-ethyl adjacent to an activating group) is 1. The van der Waals surface area contributed by atoms with E-state index >= 15 is 0 Å². The lowest BCUT2D eigenvalue weighted by molar-refractivity contribution is -0.132. The van der Waals surface area contributed by atoms with E-state index in [1.54, 1.807) is 0 Å². The summed E-state index contributed by atoms with van der Waals surface area (Å²) in [5, 5.41) is 4.09. The van der Waals surface area contributed by atoms with Gasteiger partial charge in [0, 0.05) is 49.3 Å². The van der Waals surface area contributed by atoms with Gasteiger partial charge in [0.25, 0.3) is 0 Å². The minimum absolute atomic E-state index is 0.212. The van der Waals surface area contributed by atoms with Crippen LogP contribution in [0.5, 0.6) is 0 Å². The molecule has 0 saturated carbocycles. The molecule has 0 aliphatic carbocycles. The highest BCUT2D eigenvalue weighted by Crippen LogP contribution is 2.20. The maximum Gasteiger partial charge on any atom is 0.241 e. The zero-order valence-electron chi connectivity index (χ0n) is 15.9. The molecule has 0 radical (unpaired) electrons. The van der Waals surface area contributed by atoms with Crippen molar-refractivity contribution >= 4 is 21.8 Å². The highest BCUT2D eigenvalue weighted by atomic mass is 79.9. The van der Waals surface area contributed by atoms with E-state index < -0.39 is 0 Å². The number of carbonyl (C=O) groups is 1. The molecule has 27 heavy (non-hydrogen) atoms. The summed E-state index contributed by atoms with van der Waals surface area (Å²) in [6.45, 7) is 10.2. The average Bonchev–Trinajstić information content (AvgIpc) is 3.13. The fourth-order valence-electron chi connectivity index (χ4n) is 3.23. The number of halogens is 1. The van der Waals surface area contributed by atoms with Crippen molar-refractivity contribution in [3.05, 3.63) is 34.6 Å². The number of aromatic nitrogens is 2. The van der Waals surface area contributed by atoms with E-state index in [2.05, 4.69) is 35.9 Å². The summed E-state index contributed by atoms with van der Waals surface area (Å²) in [7, 11) is 0. The molecule has 8 heteroatoms. The van der Waals surface area contributed by atoms with Crippen LogP contribution in [0.4, 0.5) is 0 Å². The SMILES string of the molecule is CCN(CC)C(=O)CN1CCN(Cc2nc(-c3cccc(Br)c3)no2)CC1. The molecular weight excluding hydrogens is 410 g/mol. The fourth-order valence-corrected chi connectivity index (χ4v) is 3.63. The van der Waals surface area contributed by atoms with E-state index in [9.17, 15) is 4.79 Å². The van der Waals surface area contributed by atoms with E-state index in [1.165, 1.54) is 0 Å². The monoisotopic (exact) mass is 435 g/mol. The number of piperazine rings is 1. The fraction of sp³-hybridized carbons (Fsp3) is 0.526. The Morgan fingerprint density at radius 3 is 2.56 bits per heavy atom. The van der Waals surface area contributed by atoms with Crippen LogP contribution in [0.15, 0.2) is 33.3 Å². The van der Waals surface area contributed by atoms with Crippen molar-refractivity contribution < 1.29 is 9.32 Å². The Balaban J connectivity index is 1.49. The molecule has 0 N–H and O–H groups in total. The molecule has 1 amide bonds. The molecule has 0 unspecified atom stereocenters. The van der Waals surface area contributed by atoms with Gasteiger partial charge in [0.15, 0.2) is 0 Å². The molecule has 7 nitrogen and oxygen atoms in total. The number of hydrogen-bond acceptors (Lipinski definition) is 6. The van der Waals surface area contributed by atoms with Gasteiger partial charge in [-0.05, 0) is 26.0 Å². The number of benzene rings is 1. The van der Waals surface area contributed by atoms with E-state index in [0.717, 1.165) is 49.3 Å². The number of hydrogen-bond donors (Lipinski definition) is 0. The van der Waals surface area contributed by atoms with Crippen molar-refractivity contribution in [2.24, 2.45) is 0 Å². The molecule has 0 bridgehead atoms. The van der Waals surface area contributed by atoms with Gasteiger partial charge in [-0.15, -0.1) is 0 Å². The summed E-state index contributed by atoms with van der Waals surface area (Å²) in [5.41, 5.74) is 0.930. The maximum atomic E-state index is 12.2. The summed E-state index contributed by atoms with van der Waals surface area (Å²) in [6.07, 6.45) is 0. The summed E-state index contributed by atoms with van der Waals surface area (Å²) in [6, 6.07) is 7.86. The summed E-state index contributed by atoms with van der Waals surface area (Å²) < 4.78 is 6.41. The molecule has 1 saturated heterocycles. The molecule has 0 spiro atoms. The van der Waals surface area contributed by atoms with E-state index in [4.69, 9.17) is 4.52 Å². The van der Waals surface area contributed by atoms with E-state index in [-0.39, 0.29) is 5.91 Å². The zero-order valence-corrected chi connectivity index (χ0v) is 17.5. The Labute approximate surface area is 168 Å². The van der Waals surface area contributed by atoms with Crippen LogP contribution in [0.3, 0.4) is 0 Å². The van der Waals surface area contributed by atoms with E-state index in [1.807, 2.05) is 43.0 Å². The molecule has 1 aliphatic heterocycles. The normalized spacial score (nSPS) is 15.8. The third-order valence-electron chi connectivity index (χ3n) is 4.85. The molecule has 1 aliphatic rings. The van der Waals surface area contributed by atoms with Crippen LogP contribution in [-0.4, -0.2) is 76.6 Å².